The first-order valence-electron chi connectivity index (χ1n) is 12.2. The number of benzene rings is 2. The minimum absolute atomic E-state index is 0.0719. The number of methoxy groups -OCH3 is 1. The molecule has 0 aliphatic carbocycles. The van der Waals surface area contributed by atoms with Gasteiger partial charge in [-0.15, -0.1) is 0 Å². The maximum absolute atomic E-state index is 13.5. The van der Waals surface area contributed by atoms with Crippen LogP contribution in [0.25, 0.3) is 5.76 Å². The Hall–Kier alpha value is -3.98. The lowest BCUT2D eigenvalue weighted by atomic mass is 9.85. The summed E-state index contributed by atoms with van der Waals surface area (Å²) < 4.78 is 10.4. The number of amides is 1. The third kappa shape index (κ3) is 4.93. The Kier molecular flexibility index (Phi) is 7.42. The fraction of sp³-hybridized carbons (Fsp3) is 0.310. The van der Waals surface area contributed by atoms with Crippen LogP contribution in [-0.4, -0.2) is 41.5 Å². The highest BCUT2D eigenvalue weighted by atomic mass is 32.1. The number of aryl methyl sites for hydroxylation is 1. The Labute approximate surface area is 225 Å². The lowest BCUT2D eigenvalue weighted by molar-refractivity contribution is -0.132. The first-order valence-corrected chi connectivity index (χ1v) is 13.0. The number of hydrogen-bond acceptors (Lipinski definition) is 8. The van der Waals surface area contributed by atoms with Crippen LogP contribution < -0.4 is 9.64 Å². The summed E-state index contributed by atoms with van der Waals surface area (Å²) in [6.07, 6.45) is 0. The predicted molar refractivity (Wildman–Crippen MR) is 146 cm³/mol. The molecular weight excluding hydrogens is 504 g/mol. The van der Waals surface area contributed by atoms with E-state index in [0.29, 0.717) is 22.6 Å². The quantitative estimate of drug-likeness (QED) is 0.191. The second-order valence-electron chi connectivity index (χ2n) is 9.90. The van der Waals surface area contributed by atoms with Crippen LogP contribution in [0.3, 0.4) is 0 Å². The van der Waals surface area contributed by atoms with Crippen LogP contribution in [0.2, 0.25) is 0 Å². The fourth-order valence-corrected chi connectivity index (χ4v) is 5.30. The van der Waals surface area contributed by atoms with Gasteiger partial charge in [-0.25, -0.2) is 9.78 Å². The van der Waals surface area contributed by atoms with Crippen LogP contribution >= 0.6 is 11.3 Å². The number of aliphatic hydroxyl groups excluding tert-OH is 1. The van der Waals surface area contributed by atoms with E-state index in [9.17, 15) is 19.5 Å². The van der Waals surface area contributed by atoms with Crippen molar-refractivity contribution in [3.63, 3.8) is 0 Å². The van der Waals surface area contributed by atoms with Crippen LogP contribution in [0.15, 0.2) is 54.1 Å². The topological polar surface area (TPSA) is 106 Å². The van der Waals surface area contributed by atoms with Crippen molar-refractivity contribution < 1.29 is 29.0 Å². The number of esters is 1. The molecule has 1 fully saturated rings. The molecule has 0 radical (unpaired) electrons. The van der Waals surface area contributed by atoms with Crippen molar-refractivity contribution in [3.8, 4) is 5.75 Å². The number of Topliss-reactive ketones (excluding diaryl/α,β-unsaturated/α-hetero) is 1. The molecule has 2 heterocycles. The highest BCUT2D eigenvalue weighted by molar-refractivity contribution is 7.17. The van der Waals surface area contributed by atoms with Crippen LogP contribution in [0.1, 0.15) is 65.8 Å². The molecule has 8 nitrogen and oxygen atoms in total. The minimum atomic E-state index is -0.962. The standard InChI is InChI=1S/C29H30N2O6S/c1-7-37-27(35)25-16(2)30-28(38-25)31-22(17-11-13-19(14-12-17)29(3,4)5)21(24(33)26(31)34)23(32)18-9-8-10-20(15-18)36-6/h8-15,22,32H,7H2,1-6H3/b23-21+. The van der Waals surface area contributed by atoms with Gasteiger partial charge in [0.15, 0.2) is 5.13 Å². The molecule has 1 aromatic heterocycles. The van der Waals surface area contributed by atoms with Crippen LogP contribution in [-0.2, 0) is 19.7 Å². The van der Waals surface area contributed by atoms with Crippen molar-refractivity contribution in [1.29, 1.82) is 0 Å². The number of rotatable bonds is 6. The molecule has 1 amide bonds. The van der Waals surface area contributed by atoms with Gasteiger partial charge >= 0.3 is 11.9 Å². The third-order valence-corrected chi connectivity index (χ3v) is 7.47. The fourth-order valence-electron chi connectivity index (χ4n) is 4.31. The molecular formula is C29H30N2O6S. The SMILES string of the molecule is CCOC(=O)c1sc(N2C(=O)C(=O)/C(=C(/O)c3cccc(OC)c3)C2c2ccc(C(C)(C)C)cc2)nc1C. The molecule has 1 aliphatic heterocycles. The number of anilines is 1. The summed E-state index contributed by atoms with van der Waals surface area (Å²) in [4.78, 5) is 45.3. The first kappa shape index (κ1) is 27.1. The van der Waals surface area contributed by atoms with Gasteiger partial charge in [0.1, 0.15) is 16.4 Å². The summed E-state index contributed by atoms with van der Waals surface area (Å²) in [5, 5.41) is 11.5. The van der Waals surface area contributed by atoms with Gasteiger partial charge in [-0.1, -0.05) is 68.5 Å². The zero-order chi connectivity index (χ0) is 27.8. The summed E-state index contributed by atoms with van der Waals surface area (Å²) in [5.74, 6) is -2.07. The van der Waals surface area contributed by atoms with E-state index in [1.54, 1.807) is 38.1 Å². The number of carbonyl (C=O) groups is 3. The van der Waals surface area contributed by atoms with E-state index in [1.165, 1.54) is 12.0 Å². The van der Waals surface area contributed by atoms with Gasteiger partial charge in [0, 0.05) is 5.56 Å². The second kappa shape index (κ2) is 10.4. The zero-order valence-electron chi connectivity index (χ0n) is 22.2. The van der Waals surface area contributed by atoms with E-state index >= 15 is 0 Å². The van der Waals surface area contributed by atoms with E-state index in [0.717, 1.165) is 16.9 Å². The largest absolute Gasteiger partial charge is 0.507 e. The Bertz CT molecular complexity index is 1430. The van der Waals surface area contributed by atoms with Crippen LogP contribution in [0.5, 0.6) is 5.75 Å². The summed E-state index contributed by atoms with van der Waals surface area (Å²) in [7, 11) is 1.50. The summed E-state index contributed by atoms with van der Waals surface area (Å²) in [5.41, 5.74) is 2.23. The molecule has 0 saturated carbocycles. The summed E-state index contributed by atoms with van der Waals surface area (Å²) in [6, 6.07) is 13.2. The van der Waals surface area contributed by atoms with Gasteiger partial charge in [-0.05, 0) is 42.5 Å². The molecule has 198 valence electrons. The lowest BCUT2D eigenvalue weighted by Gasteiger charge is -2.24. The zero-order valence-corrected chi connectivity index (χ0v) is 23.0. The molecule has 1 saturated heterocycles. The van der Waals surface area contributed by atoms with Crippen molar-refractivity contribution in [2.45, 2.75) is 46.1 Å². The van der Waals surface area contributed by atoms with Crippen molar-refractivity contribution in [2.24, 2.45) is 0 Å². The number of ether oxygens (including phenoxy) is 2. The monoisotopic (exact) mass is 534 g/mol. The van der Waals surface area contributed by atoms with Crippen molar-refractivity contribution in [2.75, 3.05) is 18.6 Å². The van der Waals surface area contributed by atoms with E-state index in [4.69, 9.17) is 9.47 Å². The van der Waals surface area contributed by atoms with Crippen molar-refractivity contribution in [3.05, 3.63) is 81.4 Å². The Morgan fingerprint density at radius 3 is 2.42 bits per heavy atom. The van der Waals surface area contributed by atoms with Crippen LogP contribution in [0.4, 0.5) is 5.13 Å². The number of hydrogen-bond donors (Lipinski definition) is 1. The molecule has 1 unspecified atom stereocenters. The van der Waals surface area contributed by atoms with Gasteiger partial charge in [-0.2, -0.15) is 0 Å². The molecule has 2 aromatic carbocycles. The van der Waals surface area contributed by atoms with Crippen molar-refractivity contribution >= 4 is 39.9 Å². The molecule has 4 rings (SSSR count). The van der Waals surface area contributed by atoms with E-state index in [-0.39, 0.29) is 33.4 Å². The molecule has 9 heteroatoms. The van der Waals surface area contributed by atoms with Crippen LogP contribution in [0, 0.1) is 6.92 Å². The smallest absolute Gasteiger partial charge is 0.350 e. The number of thiazole rings is 1. The number of ketones is 1. The Balaban J connectivity index is 1.92. The number of carbonyl (C=O) groups excluding carboxylic acids is 3. The first-order chi connectivity index (χ1) is 18.0. The third-order valence-electron chi connectivity index (χ3n) is 6.33. The Morgan fingerprint density at radius 1 is 1.13 bits per heavy atom. The van der Waals surface area contributed by atoms with E-state index < -0.39 is 23.7 Å². The normalized spacial score (nSPS) is 17.1. The number of aliphatic hydroxyl groups is 1. The maximum Gasteiger partial charge on any atom is 0.350 e. The highest BCUT2D eigenvalue weighted by Crippen LogP contribution is 2.44. The second-order valence-corrected chi connectivity index (χ2v) is 10.9. The van der Waals surface area contributed by atoms with Gasteiger partial charge in [0.2, 0.25) is 0 Å². The molecule has 1 atom stereocenters. The predicted octanol–water partition coefficient (Wildman–Crippen LogP) is 5.56. The molecule has 3 aromatic rings. The molecule has 1 aliphatic rings. The average molecular weight is 535 g/mol. The summed E-state index contributed by atoms with van der Waals surface area (Å²) in [6.45, 7) is 9.81. The van der Waals surface area contributed by atoms with E-state index in [1.807, 2.05) is 24.3 Å². The van der Waals surface area contributed by atoms with Gasteiger partial charge in [0.25, 0.3) is 5.78 Å². The lowest BCUT2D eigenvalue weighted by Crippen LogP contribution is -2.29. The molecule has 0 bridgehead atoms. The minimum Gasteiger partial charge on any atom is -0.507 e. The van der Waals surface area contributed by atoms with Gasteiger partial charge in [0.05, 0.1) is 31.0 Å². The highest BCUT2D eigenvalue weighted by Gasteiger charge is 2.48. The molecule has 38 heavy (non-hydrogen) atoms. The van der Waals surface area contributed by atoms with Gasteiger partial charge < -0.3 is 14.6 Å². The van der Waals surface area contributed by atoms with Crippen molar-refractivity contribution in [1.82, 2.24) is 4.98 Å². The summed E-state index contributed by atoms with van der Waals surface area (Å²) >= 11 is 0.975. The van der Waals surface area contributed by atoms with Gasteiger partial charge in [-0.3, -0.25) is 14.5 Å². The Morgan fingerprint density at radius 2 is 1.82 bits per heavy atom. The molecule has 1 N–H and O–H groups in total. The average Bonchev–Trinajstić information content (AvgIpc) is 3.40. The maximum atomic E-state index is 13.5. The molecule has 0 spiro atoms. The van der Waals surface area contributed by atoms with E-state index in [2.05, 4.69) is 25.8 Å². The number of nitrogens with zero attached hydrogens (tertiary/aromatic N) is 2. The number of aromatic nitrogens is 1.